The van der Waals surface area contributed by atoms with Crippen LogP contribution >= 0.6 is 0 Å². The quantitative estimate of drug-likeness (QED) is 0.795. The van der Waals surface area contributed by atoms with E-state index in [0.29, 0.717) is 17.4 Å². The van der Waals surface area contributed by atoms with Crippen LogP contribution in [0.25, 0.3) is 11.2 Å². The predicted octanol–water partition coefficient (Wildman–Crippen LogP) is 2.29. The molecule has 0 spiro atoms. The molecule has 4 nitrogen and oxygen atoms in total. The Morgan fingerprint density at radius 1 is 1.38 bits per heavy atom. The molecule has 0 saturated heterocycles. The third-order valence-corrected chi connectivity index (χ3v) is 3.48. The van der Waals surface area contributed by atoms with Crippen LogP contribution in [-0.4, -0.2) is 14.5 Å². The molecule has 2 aromatic heterocycles. The third-order valence-electron chi connectivity index (χ3n) is 3.48. The molecule has 2 heterocycles. The maximum absolute atomic E-state index is 5.98. The number of nitrogens with two attached hydrogens (primary N) is 1. The van der Waals surface area contributed by atoms with Gasteiger partial charge in [-0.25, -0.2) is 9.97 Å². The largest absolute Gasteiger partial charge is 0.369 e. The smallest absolute Gasteiger partial charge is 0.202 e. The van der Waals surface area contributed by atoms with Crippen molar-refractivity contribution in [3.63, 3.8) is 0 Å². The number of hydrogen-bond acceptors (Lipinski definition) is 3. The van der Waals surface area contributed by atoms with Crippen molar-refractivity contribution < 1.29 is 0 Å². The molecule has 1 aliphatic carbocycles. The summed E-state index contributed by atoms with van der Waals surface area (Å²) in [6, 6.07) is 4.41. The molecule has 2 N–H and O–H groups in total. The molecule has 0 amide bonds. The number of pyridine rings is 1. The molecule has 1 atom stereocenters. The zero-order valence-corrected chi connectivity index (χ0v) is 9.86. The summed E-state index contributed by atoms with van der Waals surface area (Å²) in [5.74, 6) is 0.587. The van der Waals surface area contributed by atoms with Crippen molar-refractivity contribution in [2.24, 2.45) is 5.41 Å². The summed E-state index contributed by atoms with van der Waals surface area (Å²) < 4.78 is 2.09. The van der Waals surface area contributed by atoms with Gasteiger partial charge in [0.05, 0.1) is 0 Å². The Morgan fingerprint density at radius 2 is 2.06 bits per heavy atom. The Hall–Kier alpha value is -1.58. The molecular weight excluding hydrogens is 200 g/mol. The first kappa shape index (κ1) is 9.63. The highest BCUT2D eigenvalue weighted by atomic mass is 15.2. The number of aromatic nitrogens is 3. The molecule has 84 valence electrons. The minimum Gasteiger partial charge on any atom is -0.369 e. The molecule has 1 fully saturated rings. The number of imidazole rings is 1. The van der Waals surface area contributed by atoms with E-state index in [1.807, 2.05) is 19.1 Å². The summed E-state index contributed by atoms with van der Waals surface area (Å²) in [5.41, 5.74) is 9.13. The van der Waals surface area contributed by atoms with E-state index in [1.54, 1.807) is 0 Å². The van der Waals surface area contributed by atoms with E-state index in [2.05, 4.69) is 28.4 Å². The zero-order chi connectivity index (χ0) is 11.5. The fraction of sp³-hybridized carbons (Fsp3) is 0.500. The standard InChI is InChI=1S/C12H16N4/c1-7-4-5-8-10(14-7)16(11(13)15-8)9-6-12(9,2)3/h4-5,9H,6H2,1-3H3,(H2,13,15). The maximum atomic E-state index is 5.98. The van der Waals surface area contributed by atoms with Crippen LogP contribution in [0, 0.1) is 12.3 Å². The van der Waals surface area contributed by atoms with Gasteiger partial charge >= 0.3 is 0 Å². The molecule has 2 aromatic rings. The van der Waals surface area contributed by atoms with Gasteiger partial charge in [0.25, 0.3) is 0 Å². The van der Waals surface area contributed by atoms with E-state index in [0.717, 1.165) is 23.3 Å². The van der Waals surface area contributed by atoms with Crippen molar-refractivity contribution in [3.05, 3.63) is 17.8 Å². The van der Waals surface area contributed by atoms with Gasteiger partial charge in [0.1, 0.15) is 5.52 Å². The molecule has 1 saturated carbocycles. The molecule has 1 aliphatic rings. The first-order valence-electron chi connectivity index (χ1n) is 5.60. The Morgan fingerprint density at radius 3 is 2.69 bits per heavy atom. The minimum atomic E-state index is 0.327. The monoisotopic (exact) mass is 216 g/mol. The SMILES string of the molecule is Cc1ccc2nc(N)n(C3CC3(C)C)c2n1. The van der Waals surface area contributed by atoms with Gasteiger partial charge in [0.2, 0.25) is 5.95 Å². The van der Waals surface area contributed by atoms with Gasteiger partial charge in [-0.2, -0.15) is 0 Å². The van der Waals surface area contributed by atoms with Crippen LogP contribution in [-0.2, 0) is 0 Å². The Balaban J connectivity index is 2.23. The van der Waals surface area contributed by atoms with Gasteiger partial charge in [-0.3, -0.25) is 4.57 Å². The van der Waals surface area contributed by atoms with Crippen molar-refractivity contribution in [1.82, 2.24) is 14.5 Å². The van der Waals surface area contributed by atoms with Gasteiger partial charge in [-0.1, -0.05) is 13.8 Å². The number of fused-ring (bicyclic) bond motifs is 1. The minimum absolute atomic E-state index is 0.327. The lowest BCUT2D eigenvalue weighted by atomic mass is 10.2. The van der Waals surface area contributed by atoms with E-state index in [-0.39, 0.29) is 0 Å². The molecule has 0 bridgehead atoms. The molecule has 0 radical (unpaired) electrons. The molecule has 0 aromatic carbocycles. The van der Waals surface area contributed by atoms with Crippen LogP contribution < -0.4 is 5.73 Å². The van der Waals surface area contributed by atoms with Crippen molar-refractivity contribution in [2.75, 3.05) is 5.73 Å². The summed E-state index contributed by atoms with van der Waals surface area (Å²) in [5, 5.41) is 0. The summed E-state index contributed by atoms with van der Waals surface area (Å²) in [6.07, 6.45) is 1.15. The Bertz CT molecular complexity index is 568. The van der Waals surface area contributed by atoms with E-state index in [1.165, 1.54) is 0 Å². The third kappa shape index (κ3) is 1.22. The Kier molecular flexibility index (Phi) is 1.66. The fourth-order valence-electron chi connectivity index (χ4n) is 2.27. The number of hydrogen-bond donors (Lipinski definition) is 1. The number of rotatable bonds is 1. The first-order chi connectivity index (χ1) is 7.49. The molecular formula is C12H16N4. The van der Waals surface area contributed by atoms with Gasteiger partial charge < -0.3 is 5.73 Å². The number of aryl methyl sites for hydroxylation is 1. The lowest BCUT2D eigenvalue weighted by molar-refractivity contribution is 0.551. The molecule has 3 rings (SSSR count). The second-order valence-electron chi connectivity index (χ2n) is 5.34. The van der Waals surface area contributed by atoms with E-state index < -0.39 is 0 Å². The maximum Gasteiger partial charge on any atom is 0.202 e. The topological polar surface area (TPSA) is 56.7 Å². The lowest BCUT2D eigenvalue weighted by Crippen LogP contribution is -2.05. The van der Waals surface area contributed by atoms with Gasteiger partial charge in [0, 0.05) is 11.7 Å². The van der Waals surface area contributed by atoms with E-state index in [4.69, 9.17) is 5.73 Å². The average molecular weight is 216 g/mol. The second kappa shape index (κ2) is 2.75. The normalized spacial score (nSPS) is 22.6. The molecule has 0 aliphatic heterocycles. The highest BCUT2D eigenvalue weighted by Crippen LogP contribution is 2.56. The summed E-state index contributed by atoms with van der Waals surface area (Å²) in [4.78, 5) is 8.90. The van der Waals surface area contributed by atoms with Crippen LogP contribution in [0.3, 0.4) is 0 Å². The number of nitrogen functional groups attached to an aromatic ring is 1. The van der Waals surface area contributed by atoms with E-state index in [9.17, 15) is 0 Å². The van der Waals surface area contributed by atoms with Crippen LogP contribution in [0.2, 0.25) is 0 Å². The van der Waals surface area contributed by atoms with Crippen molar-refractivity contribution in [2.45, 2.75) is 33.2 Å². The van der Waals surface area contributed by atoms with Crippen LogP contribution in [0.1, 0.15) is 32.0 Å². The van der Waals surface area contributed by atoms with E-state index >= 15 is 0 Å². The predicted molar refractivity (Wildman–Crippen MR) is 64.1 cm³/mol. The first-order valence-corrected chi connectivity index (χ1v) is 5.60. The highest BCUT2D eigenvalue weighted by Gasteiger charge is 2.48. The van der Waals surface area contributed by atoms with Gasteiger partial charge in [0.15, 0.2) is 5.65 Å². The van der Waals surface area contributed by atoms with Crippen molar-refractivity contribution in [1.29, 1.82) is 0 Å². The Labute approximate surface area is 94.5 Å². The van der Waals surface area contributed by atoms with Crippen LogP contribution in [0.4, 0.5) is 5.95 Å². The molecule has 16 heavy (non-hydrogen) atoms. The number of anilines is 1. The summed E-state index contributed by atoms with van der Waals surface area (Å²) in [7, 11) is 0. The number of nitrogens with zero attached hydrogens (tertiary/aromatic N) is 3. The summed E-state index contributed by atoms with van der Waals surface area (Å²) >= 11 is 0. The fourth-order valence-corrected chi connectivity index (χ4v) is 2.27. The van der Waals surface area contributed by atoms with Crippen molar-refractivity contribution >= 4 is 17.1 Å². The second-order valence-corrected chi connectivity index (χ2v) is 5.34. The van der Waals surface area contributed by atoms with Gasteiger partial charge in [-0.15, -0.1) is 0 Å². The van der Waals surface area contributed by atoms with Crippen LogP contribution in [0.15, 0.2) is 12.1 Å². The lowest BCUT2D eigenvalue weighted by Gasteiger charge is -2.07. The molecule has 1 unspecified atom stereocenters. The van der Waals surface area contributed by atoms with Crippen LogP contribution in [0.5, 0.6) is 0 Å². The zero-order valence-electron chi connectivity index (χ0n) is 9.86. The summed E-state index contributed by atoms with van der Waals surface area (Å²) in [6.45, 7) is 6.49. The average Bonchev–Trinajstić information content (AvgIpc) is 2.68. The van der Waals surface area contributed by atoms with Gasteiger partial charge in [-0.05, 0) is 30.9 Å². The molecule has 4 heteroatoms. The highest BCUT2D eigenvalue weighted by molar-refractivity contribution is 5.74. The van der Waals surface area contributed by atoms with Crippen molar-refractivity contribution in [3.8, 4) is 0 Å².